The van der Waals surface area contributed by atoms with Crippen molar-refractivity contribution in [3.63, 3.8) is 0 Å². The van der Waals surface area contributed by atoms with E-state index in [1.165, 1.54) is 11.3 Å². The Balaban J connectivity index is 2.15. The molecule has 2 rings (SSSR count). The van der Waals surface area contributed by atoms with Crippen LogP contribution in [0.25, 0.3) is 0 Å². The monoisotopic (exact) mass is 291 g/mol. The maximum absolute atomic E-state index is 11.7. The first-order chi connectivity index (χ1) is 8.44. The molecule has 1 aromatic heterocycles. The van der Waals surface area contributed by atoms with Gasteiger partial charge < -0.3 is 9.84 Å². The van der Waals surface area contributed by atoms with Crippen LogP contribution in [0.2, 0.25) is 0 Å². The van der Waals surface area contributed by atoms with Crippen molar-refractivity contribution in [2.45, 2.75) is 38.2 Å². The van der Waals surface area contributed by atoms with Gasteiger partial charge in [0.15, 0.2) is 6.23 Å². The third kappa shape index (κ3) is 3.03. The molecule has 0 aliphatic heterocycles. The highest BCUT2D eigenvalue weighted by molar-refractivity contribution is 7.90. The standard InChI is InChI=1S/C11H17NO4S2/c1-3-16-9-6-7(2)17-10(9)11(13)12-18(14,15)8-4-5-8/h6,8,11-13H,3-5H2,1-2H3. The summed E-state index contributed by atoms with van der Waals surface area (Å²) in [5, 5.41) is 9.65. The van der Waals surface area contributed by atoms with E-state index in [4.69, 9.17) is 4.74 Å². The first-order valence-electron chi connectivity index (χ1n) is 5.86. The van der Waals surface area contributed by atoms with Crippen molar-refractivity contribution >= 4 is 21.4 Å². The number of nitrogens with one attached hydrogen (secondary N) is 1. The quantitative estimate of drug-likeness (QED) is 0.779. The molecule has 1 aliphatic carbocycles. The molecule has 0 radical (unpaired) electrons. The van der Waals surface area contributed by atoms with E-state index in [1.807, 2.05) is 13.8 Å². The number of aliphatic hydroxyl groups is 1. The predicted octanol–water partition coefficient (Wildman–Crippen LogP) is 1.53. The average molecular weight is 291 g/mol. The Labute approximate surface area is 111 Å². The fraction of sp³-hybridized carbons (Fsp3) is 0.636. The number of rotatable bonds is 6. The summed E-state index contributed by atoms with van der Waals surface area (Å²) in [5.41, 5.74) is 0. The zero-order chi connectivity index (χ0) is 13.3. The van der Waals surface area contributed by atoms with Crippen LogP contribution < -0.4 is 9.46 Å². The van der Waals surface area contributed by atoms with Gasteiger partial charge in [-0.3, -0.25) is 0 Å². The average Bonchev–Trinajstić information content (AvgIpc) is 3.04. The third-order valence-corrected chi connectivity index (χ3v) is 5.62. The molecule has 0 spiro atoms. The first-order valence-corrected chi connectivity index (χ1v) is 8.22. The van der Waals surface area contributed by atoms with Crippen LogP contribution in [0, 0.1) is 6.92 Å². The predicted molar refractivity (Wildman–Crippen MR) is 70.3 cm³/mol. The minimum Gasteiger partial charge on any atom is -0.493 e. The molecule has 1 saturated carbocycles. The van der Waals surface area contributed by atoms with Crippen molar-refractivity contribution in [1.82, 2.24) is 4.72 Å². The SMILES string of the molecule is CCOc1cc(C)sc1C(O)NS(=O)(=O)C1CC1. The van der Waals surface area contributed by atoms with E-state index in [1.54, 1.807) is 6.07 Å². The van der Waals surface area contributed by atoms with E-state index >= 15 is 0 Å². The van der Waals surface area contributed by atoms with Crippen molar-refractivity contribution < 1.29 is 18.3 Å². The van der Waals surface area contributed by atoms with Gasteiger partial charge in [-0.05, 0) is 32.8 Å². The Morgan fingerprint density at radius 1 is 1.61 bits per heavy atom. The minimum atomic E-state index is -3.41. The molecule has 0 aromatic carbocycles. The maximum atomic E-state index is 11.7. The van der Waals surface area contributed by atoms with Gasteiger partial charge in [0.25, 0.3) is 0 Å². The lowest BCUT2D eigenvalue weighted by atomic mass is 10.4. The third-order valence-electron chi connectivity index (χ3n) is 2.64. The zero-order valence-corrected chi connectivity index (χ0v) is 12.0. The summed E-state index contributed by atoms with van der Waals surface area (Å²) in [7, 11) is -3.41. The van der Waals surface area contributed by atoms with Gasteiger partial charge in [0.2, 0.25) is 10.0 Å². The van der Waals surface area contributed by atoms with Crippen LogP contribution in [0.3, 0.4) is 0 Å². The molecule has 1 fully saturated rings. The summed E-state index contributed by atoms with van der Waals surface area (Å²) in [5.74, 6) is 0.547. The van der Waals surface area contributed by atoms with Gasteiger partial charge in [0.1, 0.15) is 5.75 Å². The summed E-state index contributed by atoms with van der Waals surface area (Å²) < 4.78 is 31.2. The van der Waals surface area contributed by atoms with Crippen LogP contribution in [0.15, 0.2) is 6.07 Å². The number of thiophene rings is 1. The van der Waals surface area contributed by atoms with Crippen LogP contribution >= 0.6 is 11.3 Å². The highest BCUT2D eigenvalue weighted by atomic mass is 32.2. The smallest absolute Gasteiger partial charge is 0.216 e. The normalized spacial score (nSPS) is 17.7. The van der Waals surface area contributed by atoms with Crippen molar-refractivity contribution in [1.29, 1.82) is 0 Å². The lowest BCUT2D eigenvalue weighted by Gasteiger charge is -2.13. The molecule has 7 heteroatoms. The minimum absolute atomic E-state index is 0.344. The van der Waals surface area contributed by atoms with Gasteiger partial charge in [-0.25, -0.2) is 8.42 Å². The molecule has 102 valence electrons. The van der Waals surface area contributed by atoms with Crippen molar-refractivity contribution in [2.75, 3.05) is 6.61 Å². The highest BCUT2D eigenvalue weighted by Gasteiger charge is 2.37. The molecular formula is C11H17NO4S2. The Kier molecular flexibility index (Phi) is 3.96. The summed E-state index contributed by atoms with van der Waals surface area (Å²) in [6.07, 6.45) is 0.115. The van der Waals surface area contributed by atoms with Crippen LogP contribution in [0.1, 0.15) is 35.7 Å². The van der Waals surface area contributed by atoms with E-state index in [-0.39, 0.29) is 5.25 Å². The molecule has 5 nitrogen and oxygen atoms in total. The van der Waals surface area contributed by atoms with E-state index in [2.05, 4.69) is 4.72 Å². The maximum Gasteiger partial charge on any atom is 0.216 e. The largest absolute Gasteiger partial charge is 0.493 e. The topological polar surface area (TPSA) is 75.6 Å². The van der Waals surface area contributed by atoms with Gasteiger partial charge >= 0.3 is 0 Å². The Hall–Kier alpha value is -0.630. The highest BCUT2D eigenvalue weighted by Crippen LogP contribution is 2.35. The number of hydrogen-bond acceptors (Lipinski definition) is 5. The van der Waals surface area contributed by atoms with Crippen LogP contribution in [0.4, 0.5) is 0 Å². The second-order valence-electron chi connectivity index (χ2n) is 4.28. The first kappa shape index (κ1) is 13.8. The number of aryl methyl sites for hydroxylation is 1. The van der Waals surface area contributed by atoms with E-state index in [0.717, 1.165) is 4.88 Å². The molecule has 1 unspecified atom stereocenters. The Morgan fingerprint density at radius 3 is 2.83 bits per heavy atom. The fourth-order valence-electron chi connectivity index (χ4n) is 1.65. The van der Waals surface area contributed by atoms with Gasteiger partial charge in [-0.2, -0.15) is 4.72 Å². The number of ether oxygens (including phenoxy) is 1. The molecule has 1 aliphatic rings. The summed E-state index contributed by atoms with van der Waals surface area (Å²) in [6.45, 7) is 4.21. The van der Waals surface area contributed by atoms with Crippen molar-refractivity contribution in [2.24, 2.45) is 0 Å². The van der Waals surface area contributed by atoms with Gasteiger partial charge in [0, 0.05) is 4.88 Å². The van der Waals surface area contributed by atoms with E-state index in [9.17, 15) is 13.5 Å². The van der Waals surface area contributed by atoms with E-state index < -0.39 is 16.3 Å². The zero-order valence-electron chi connectivity index (χ0n) is 10.3. The van der Waals surface area contributed by atoms with Crippen LogP contribution in [0.5, 0.6) is 5.75 Å². The number of hydrogen-bond donors (Lipinski definition) is 2. The second kappa shape index (κ2) is 5.16. The molecule has 2 N–H and O–H groups in total. The molecule has 1 aromatic rings. The number of aliphatic hydroxyl groups excluding tert-OH is 1. The van der Waals surface area contributed by atoms with Gasteiger partial charge in [-0.15, -0.1) is 11.3 Å². The van der Waals surface area contributed by atoms with Crippen LogP contribution in [-0.4, -0.2) is 25.4 Å². The van der Waals surface area contributed by atoms with Crippen molar-refractivity contribution in [3.8, 4) is 5.75 Å². The molecule has 1 heterocycles. The molecule has 0 amide bonds. The molecule has 1 atom stereocenters. The Morgan fingerprint density at radius 2 is 2.28 bits per heavy atom. The summed E-state index contributed by atoms with van der Waals surface area (Å²) >= 11 is 1.33. The molecular weight excluding hydrogens is 274 g/mol. The molecule has 18 heavy (non-hydrogen) atoms. The second-order valence-corrected chi connectivity index (χ2v) is 7.56. The lowest BCUT2D eigenvalue weighted by molar-refractivity contribution is 0.165. The fourth-order valence-corrected chi connectivity index (χ4v) is 4.01. The van der Waals surface area contributed by atoms with Crippen molar-refractivity contribution in [3.05, 3.63) is 15.8 Å². The summed E-state index contributed by atoms with van der Waals surface area (Å²) in [6, 6.07) is 1.80. The summed E-state index contributed by atoms with van der Waals surface area (Å²) in [4.78, 5) is 1.48. The molecule has 0 bridgehead atoms. The van der Waals surface area contributed by atoms with Gasteiger partial charge in [0.05, 0.1) is 16.7 Å². The van der Waals surface area contributed by atoms with Crippen LogP contribution in [-0.2, 0) is 10.0 Å². The number of sulfonamides is 1. The van der Waals surface area contributed by atoms with Gasteiger partial charge in [-0.1, -0.05) is 0 Å². The molecule has 0 saturated heterocycles. The van der Waals surface area contributed by atoms with E-state index in [0.29, 0.717) is 30.1 Å². The lowest BCUT2D eigenvalue weighted by Crippen LogP contribution is -2.31. The Bertz CT molecular complexity index is 519.